The Balaban J connectivity index is 1.78. The van der Waals surface area contributed by atoms with Crippen molar-refractivity contribution in [3.63, 3.8) is 0 Å². The van der Waals surface area contributed by atoms with Gasteiger partial charge in [-0.2, -0.15) is 0 Å². The SMILES string of the molecule is CCn1c(C)nnc1SCCOc1ccc(OC)cc1. The van der Waals surface area contributed by atoms with Crippen LogP contribution in [0.4, 0.5) is 0 Å². The van der Waals surface area contributed by atoms with Crippen LogP contribution in [-0.2, 0) is 6.54 Å². The molecule has 0 amide bonds. The molecule has 6 heteroatoms. The molecular formula is C14H19N3O2S. The minimum Gasteiger partial charge on any atom is -0.497 e. The minimum atomic E-state index is 0.632. The van der Waals surface area contributed by atoms with Gasteiger partial charge in [-0.1, -0.05) is 11.8 Å². The van der Waals surface area contributed by atoms with Gasteiger partial charge in [0.25, 0.3) is 0 Å². The average molecular weight is 293 g/mol. The summed E-state index contributed by atoms with van der Waals surface area (Å²) in [6.07, 6.45) is 0. The van der Waals surface area contributed by atoms with Gasteiger partial charge < -0.3 is 14.0 Å². The van der Waals surface area contributed by atoms with Crippen LogP contribution >= 0.6 is 11.8 Å². The Kier molecular flexibility index (Phi) is 5.29. The van der Waals surface area contributed by atoms with Crippen LogP contribution in [0.15, 0.2) is 29.4 Å². The molecule has 1 aromatic heterocycles. The maximum atomic E-state index is 5.67. The van der Waals surface area contributed by atoms with E-state index in [1.54, 1.807) is 18.9 Å². The first kappa shape index (κ1) is 14.7. The molecule has 108 valence electrons. The Morgan fingerprint density at radius 2 is 1.85 bits per heavy atom. The normalized spacial score (nSPS) is 10.6. The van der Waals surface area contributed by atoms with Crippen LogP contribution in [0.25, 0.3) is 0 Å². The standard InChI is InChI=1S/C14H19N3O2S/c1-4-17-11(2)15-16-14(17)20-10-9-19-13-7-5-12(18-3)6-8-13/h5-8H,4,9-10H2,1-3H3. The molecular weight excluding hydrogens is 274 g/mol. The van der Waals surface area contributed by atoms with Crippen molar-refractivity contribution in [2.45, 2.75) is 25.5 Å². The van der Waals surface area contributed by atoms with Gasteiger partial charge in [-0.3, -0.25) is 0 Å². The average Bonchev–Trinajstić information content (AvgIpc) is 2.84. The third-order valence-corrected chi connectivity index (χ3v) is 3.79. The van der Waals surface area contributed by atoms with E-state index in [2.05, 4.69) is 21.7 Å². The first-order valence-corrected chi connectivity index (χ1v) is 7.52. The molecule has 0 fully saturated rings. The maximum Gasteiger partial charge on any atom is 0.191 e. The number of thioether (sulfide) groups is 1. The van der Waals surface area contributed by atoms with E-state index in [-0.39, 0.29) is 0 Å². The predicted molar refractivity (Wildman–Crippen MR) is 79.6 cm³/mol. The summed E-state index contributed by atoms with van der Waals surface area (Å²) >= 11 is 1.66. The Bertz CT molecular complexity index is 540. The summed E-state index contributed by atoms with van der Waals surface area (Å²) in [5, 5.41) is 9.19. The summed E-state index contributed by atoms with van der Waals surface area (Å²) in [7, 11) is 1.65. The quantitative estimate of drug-likeness (QED) is 0.580. The van der Waals surface area contributed by atoms with Gasteiger partial charge in [-0.05, 0) is 38.1 Å². The number of benzene rings is 1. The lowest BCUT2D eigenvalue weighted by molar-refractivity contribution is 0.342. The lowest BCUT2D eigenvalue weighted by Gasteiger charge is -2.07. The highest BCUT2D eigenvalue weighted by Crippen LogP contribution is 2.19. The molecule has 0 saturated heterocycles. The van der Waals surface area contributed by atoms with Gasteiger partial charge in [0.1, 0.15) is 17.3 Å². The van der Waals surface area contributed by atoms with Gasteiger partial charge in [-0.15, -0.1) is 10.2 Å². The van der Waals surface area contributed by atoms with Crippen molar-refractivity contribution >= 4 is 11.8 Å². The predicted octanol–water partition coefficient (Wildman–Crippen LogP) is 2.79. The van der Waals surface area contributed by atoms with E-state index in [0.717, 1.165) is 34.8 Å². The Morgan fingerprint density at radius 3 is 2.50 bits per heavy atom. The van der Waals surface area contributed by atoms with E-state index in [4.69, 9.17) is 9.47 Å². The number of aromatic nitrogens is 3. The summed E-state index contributed by atoms with van der Waals surface area (Å²) in [4.78, 5) is 0. The topological polar surface area (TPSA) is 49.2 Å². The Morgan fingerprint density at radius 1 is 1.15 bits per heavy atom. The zero-order valence-electron chi connectivity index (χ0n) is 12.0. The fraction of sp³-hybridized carbons (Fsp3) is 0.429. The molecule has 0 aliphatic carbocycles. The van der Waals surface area contributed by atoms with Gasteiger partial charge in [0, 0.05) is 12.3 Å². The number of ether oxygens (including phenoxy) is 2. The number of rotatable bonds is 7. The summed E-state index contributed by atoms with van der Waals surface area (Å²) in [5.74, 6) is 3.47. The van der Waals surface area contributed by atoms with Crippen LogP contribution in [0, 0.1) is 6.92 Å². The molecule has 0 atom stereocenters. The zero-order valence-corrected chi connectivity index (χ0v) is 12.8. The molecule has 0 N–H and O–H groups in total. The molecule has 0 aliphatic heterocycles. The molecule has 2 rings (SSSR count). The van der Waals surface area contributed by atoms with Crippen molar-refractivity contribution in [3.05, 3.63) is 30.1 Å². The molecule has 20 heavy (non-hydrogen) atoms. The lowest BCUT2D eigenvalue weighted by Crippen LogP contribution is -2.03. The molecule has 5 nitrogen and oxygen atoms in total. The molecule has 0 bridgehead atoms. The van der Waals surface area contributed by atoms with E-state index in [9.17, 15) is 0 Å². The molecule has 0 unspecified atom stereocenters. The molecule has 1 aromatic carbocycles. The monoisotopic (exact) mass is 293 g/mol. The maximum absolute atomic E-state index is 5.67. The summed E-state index contributed by atoms with van der Waals surface area (Å²) < 4.78 is 12.9. The molecule has 2 aromatic rings. The van der Waals surface area contributed by atoms with E-state index in [1.165, 1.54) is 0 Å². The van der Waals surface area contributed by atoms with E-state index in [0.29, 0.717) is 6.61 Å². The van der Waals surface area contributed by atoms with Crippen molar-refractivity contribution in [3.8, 4) is 11.5 Å². The minimum absolute atomic E-state index is 0.632. The molecule has 0 saturated carbocycles. The third-order valence-electron chi connectivity index (χ3n) is 2.86. The number of nitrogens with zero attached hydrogens (tertiary/aromatic N) is 3. The van der Waals surface area contributed by atoms with Crippen molar-refractivity contribution in [1.29, 1.82) is 0 Å². The number of aryl methyl sites for hydroxylation is 1. The van der Waals surface area contributed by atoms with Gasteiger partial charge in [0.2, 0.25) is 0 Å². The fourth-order valence-corrected chi connectivity index (χ4v) is 2.66. The molecule has 0 radical (unpaired) electrons. The summed E-state index contributed by atoms with van der Waals surface area (Å²) in [6.45, 7) is 5.58. The second-order valence-corrected chi connectivity index (χ2v) is 5.21. The van der Waals surface area contributed by atoms with Crippen LogP contribution in [0.5, 0.6) is 11.5 Å². The summed E-state index contributed by atoms with van der Waals surface area (Å²) in [5.41, 5.74) is 0. The second kappa shape index (κ2) is 7.19. The first-order chi connectivity index (χ1) is 9.74. The van der Waals surface area contributed by atoms with Crippen molar-refractivity contribution < 1.29 is 9.47 Å². The van der Waals surface area contributed by atoms with Gasteiger partial charge in [0.15, 0.2) is 5.16 Å². The lowest BCUT2D eigenvalue weighted by atomic mass is 10.3. The number of hydrogen-bond donors (Lipinski definition) is 0. The van der Waals surface area contributed by atoms with Crippen LogP contribution in [0.3, 0.4) is 0 Å². The highest BCUT2D eigenvalue weighted by atomic mass is 32.2. The van der Waals surface area contributed by atoms with Gasteiger partial charge >= 0.3 is 0 Å². The smallest absolute Gasteiger partial charge is 0.191 e. The number of hydrogen-bond acceptors (Lipinski definition) is 5. The zero-order chi connectivity index (χ0) is 14.4. The highest BCUT2D eigenvalue weighted by Gasteiger charge is 2.07. The molecule has 0 spiro atoms. The van der Waals surface area contributed by atoms with Crippen LogP contribution < -0.4 is 9.47 Å². The van der Waals surface area contributed by atoms with Crippen LogP contribution in [-0.4, -0.2) is 34.2 Å². The van der Waals surface area contributed by atoms with Crippen LogP contribution in [0.2, 0.25) is 0 Å². The second-order valence-electron chi connectivity index (χ2n) is 4.15. The van der Waals surface area contributed by atoms with Crippen molar-refractivity contribution in [1.82, 2.24) is 14.8 Å². The number of methoxy groups -OCH3 is 1. The van der Waals surface area contributed by atoms with Gasteiger partial charge in [0.05, 0.1) is 13.7 Å². The summed E-state index contributed by atoms with van der Waals surface area (Å²) in [6, 6.07) is 7.59. The Hall–Kier alpha value is -1.69. The van der Waals surface area contributed by atoms with Gasteiger partial charge in [-0.25, -0.2) is 0 Å². The molecule has 1 heterocycles. The highest BCUT2D eigenvalue weighted by molar-refractivity contribution is 7.99. The van der Waals surface area contributed by atoms with E-state index in [1.807, 2.05) is 31.2 Å². The first-order valence-electron chi connectivity index (χ1n) is 6.54. The van der Waals surface area contributed by atoms with Crippen LogP contribution in [0.1, 0.15) is 12.7 Å². The van der Waals surface area contributed by atoms with E-state index < -0.39 is 0 Å². The van der Waals surface area contributed by atoms with E-state index >= 15 is 0 Å². The van der Waals surface area contributed by atoms with Crippen molar-refractivity contribution in [2.24, 2.45) is 0 Å². The Labute approximate surface area is 123 Å². The largest absolute Gasteiger partial charge is 0.497 e. The third kappa shape index (κ3) is 3.66. The van der Waals surface area contributed by atoms with Crippen molar-refractivity contribution in [2.75, 3.05) is 19.5 Å². The fourth-order valence-electron chi connectivity index (χ4n) is 1.80. The molecule has 0 aliphatic rings.